The Morgan fingerprint density at radius 3 is 2.71 bits per heavy atom. The fraction of sp³-hybridized carbons (Fsp3) is 0.333. The van der Waals surface area contributed by atoms with Gasteiger partial charge in [0.2, 0.25) is 0 Å². The van der Waals surface area contributed by atoms with E-state index in [1.54, 1.807) is 0 Å². The highest BCUT2D eigenvalue weighted by atomic mass is 79.9. The molecule has 0 radical (unpaired) electrons. The number of fused-ring (bicyclic) bond motifs is 1. The molecule has 0 aliphatic heterocycles. The smallest absolute Gasteiger partial charge is 0.0477 e. The second-order valence-electron chi connectivity index (χ2n) is 5.76. The van der Waals surface area contributed by atoms with Crippen LogP contribution >= 0.6 is 15.9 Å². The zero-order chi connectivity index (χ0) is 14.7. The molecule has 2 aromatic rings. The molecule has 3 heteroatoms. The molecule has 1 aliphatic rings. The third-order valence-corrected chi connectivity index (χ3v) is 5.22. The van der Waals surface area contributed by atoms with Crippen LogP contribution in [-0.2, 0) is 6.42 Å². The minimum atomic E-state index is 0.178. The standard InChI is InChI=1S/C18H21BrN2/c19-17-11-4-3-10-16(17)18(21-20)12-14-8-5-7-13-6-1-2-9-15(13)14/h1-4,6,9-11,14,18,21H,5,7-8,12,20H2. The summed E-state index contributed by atoms with van der Waals surface area (Å²) >= 11 is 3.64. The summed E-state index contributed by atoms with van der Waals surface area (Å²) < 4.78 is 1.12. The first-order valence-electron chi connectivity index (χ1n) is 7.58. The second kappa shape index (κ2) is 6.73. The Hall–Kier alpha value is -1.16. The van der Waals surface area contributed by atoms with Crippen LogP contribution in [0.5, 0.6) is 0 Å². The molecule has 1 aliphatic carbocycles. The molecular weight excluding hydrogens is 324 g/mol. The van der Waals surface area contributed by atoms with Gasteiger partial charge in [0.15, 0.2) is 0 Å². The van der Waals surface area contributed by atoms with E-state index in [4.69, 9.17) is 5.84 Å². The van der Waals surface area contributed by atoms with Crippen LogP contribution < -0.4 is 11.3 Å². The molecule has 0 aromatic heterocycles. The fourth-order valence-electron chi connectivity index (χ4n) is 3.43. The van der Waals surface area contributed by atoms with Gasteiger partial charge in [0.1, 0.15) is 0 Å². The third kappa shape index (κ3) is 3.20. The van der Waals surface area contributed by atoms with Crippen molar-refractivity contribution in [3.8, 4) is 0 Å². The molecule has 3 N–H and O–H groups in total. The Morgan fingerprint density at radius 2 is 1.90 bits per heavy atom. The first kappa shape index (κ1) is 14.8. The summed E-state index contributed by atoms with van der Waals surface area (Å²) in [6.07, 6.45) is 4.77. The summed E-state index contributed by atoms with van der Waals surface area (Å²) in [4.78, 5) is 0. The Kier molecular flexibility index (Phi) is 4.73. The maximum Gasteiger partial charge on any atom is 0.0477 e. The number of rotatable bonds is 4. The average Bonchev–Trinajstić information content (AvgIpc) is 2.53. The molecule has 110 valence electrons. The number of hydrazine groups is 1. The van der Waals surface area contributed by atoms with Gasteiger partial charge >= 0.3 is 0 Å². The summed E-state index contributed by atoms with van der Waals surface area (Å²) in [7, 11) is 0. The molecule has 21 heavy (non-hydrogen) atoms. The zero-order valence-corrected chi connectivity index (χ0v) is 13.6. The van der Waals surface area contributed by atoms with Crippen molar-refractivity contribution in [2.24, 2.45) is 5.84 Å². The van der Waals surface area contributed by atoms with Crippen molar-refractivity contribution in [3.05, 3.63) is 69.7 Å². The van der Waals surface area contributed by atoms with Crippen molar-refractivity contribution >= 4 is 15.9 Å². The molecule has 0 spiro atoms. The van der Waals surface area contributed by atoms with Gasteiger partial charge in [0.05, 0.1) is 0 Å². The van der Waals surface area contributed by atoms with Gasteiger partial charge in [-0.1, -0.05) is 58.4 Å². The Bertz CT molecular complexity index is 612. The summed E-state index contributed by atoms with van der Waals surface area (Å²) in [5, 5.41) is 0. The van der Waals surface area contributed by atoms with E-state index in [0.29, 0.717) is 5.92 Å². The zero-order valence-electron chi connectivity index (χ0n) is 12.1. The lowest BCUT2D eigenvalue weighted by atomic mass is 9.79. The fourth-order valence-corrected chi connectivity index (χ4v) is 3.99. The Morgan fingerprint density at radius 1 is 1.14 bits per heavy atom. The van der Waals surface area contributed by atoms with Crippen LogP contribution in [0, 0.1) is 0 Å². The van der Waals surface area contributed by atoms with Gasteiger partial charge in [0, 0.05) is 10.5 Å². The highest BCUT2D eigenvalue weighted by Crippen LogP contribution is 2.38. The van der Waals surface area contributed by atoms with Gasteiger partial charge in [-0.05, 0) is 54.4 Å². The van der Waals surface area contributed by atoms with Crippen LogP contribution in [-0.4, -0.2) is 0 Å². The van der Waals surface area contributed by atoms with Crippen molar-refractivity contribution < 1.29 is 0 Å². The quantitative estimate of drug-likeness (QED) is 0.634. The predicted molar refractivity (Wildman–Crippen MR) is 90.9 cm³/mol. The average molecular weight is 345 g/mol. The van der Waals surface area contributed by atoms with Crippen molar-refractivity contribution in [1.82, 2.24) is 5.43 Å². The molecule has 2 aromatic carbocycles. The lowest BCUT2D eigenvalue weighted by molar-refractivity contribution is 0.425. The maximum atomic E-state index is 5.84. The summed E-state index contributed by atoms with van der Waals surface area (Å²) in [6.45, 7) is 0. The van der Waals surface area contributed by atoms with Gasteiger partial charge in [-0.25, -0.2) is 0 Å². The lowest BCUT2D eigenvalue weighted by Crippen LogP contribution is -2.30. The van der Waals surface area contributed by atoms with Crippen molar-refractivity contribution in [2.45, 2.75) is 37.6 Å². The van der Waals surface area contributed by atoms with Gasteiger partial charge in [-0.3, -0.25) is 11.3 Å². The molecule has 2 nitrogen and oxygen atoms in total. The minimum absolute atomic E-state index is 0.178. The van der Waals surface area contributed by atoms with Crippen LogP contribution in [0.4, 0.5) is 0 Å². The van der Waals surface area contributed by atoms with E-state index in [1.165, 1.54) is 36.0 Å². The van der Waals surface area contributed by atoms with E-state index < -0.39 is 0 Å². The third-order valence-electron chi connectivity index (χ3n) is 4.50. The summed E-state index contributed by atoms with van der Waals surface area (Å²) in [6, 6.07) is 17.4. The van der Waals surface area contributed by atoms with Crippen LogP contribution in [0.2, 0.25) is 0 Å². The van der Waals surface area contributed by atoms with Crippen LogP contribution in [0.15, 0.2) is 53.0 Å². The highest BCUT2D eigenvalue weighted by Gasteiger charge is 2.24. The van der Waals surface area contributed by atoms with Gasteiger partial charge in [0.25, 0.3) is 0 Å². The number of hydrogen-bond acceptors (Lipinski definition) is 2. The predicted octanol–water partition coefficient (Wildman–Crippen LogP) is 4.46. The number of aryl methyl sites for hydroxylation is 1. The van der Waals surface area contributed by atoms with E-state index in [9.17, 15) is 0 Å². The van der Waals surface area contributed by atoms with E-state index in [1.807, 2.05) is 6.07 Å². The number of nitrogens with one attached hydrogen (secondary N) is 1. The van der Waals surface area contributed by atoms with Crippen LogP contribution in [0.1, 0.15) is 47.9 Å². The number of halogens is 1. The largest absolute Gasteiger partial charge is 0.271 e. The number of hydrogen-bond donors (Lipinski definition) is 2. The van der Waals surface area contributed by atoms with Gasteiger partial charge in [-0.2, -0.15) is 0 Å². The Balaban J connectivity index is 1.84. The molecular formula is C18H21BrN2. The molecule has 0 saturated carbocycles. The van der Waals surface area contributed by atoms with E-state index in [-0.39, 0.29) is 6.04 Å². The molecule has 2 atom stereocenters. The van der Waals surface area contributed by atoms with E-state index in [0.717, 1.165) is 10.9 Å². The molecule has 0 amide bonds. The van der Waals surface area contributed by atoms with Crippen molar-refractivity contribution in [2.75, 3.05) is 0 Å². The normalized spacial score (nSPS) is 19.0. The maximum absolute atomic E-state index is 5.84. The van der Waals surface area contributed by atoms with Crippen LogP contribution in [0.3, 0.4) is 0 Å². The SMILES string of the molecule is NNC(CC1CCCc2ccccc21)c1ccccc1Br. The lowest BCUT2D eigenvalue weighted by Gasteiger charge is -2.29. The molecule has 0 saturated heterocycles. The topological polar surface area (TPSA) is 38.0 Å². The number of nitrogens with two attached hydrogens (primary N) is 1. The second-order valence-corrected chi connectivity index (χ2v) is 6.62. The van der Waals surface area contributed by atoms with Gasteiger partial charge < -0.3 is 0 Å². The molecule has 2 unspecified atom stereocenters. The first-order chi connectivity index (χ1) is 10.3. The first-order valence-corrected chi connectivity index (χ1v) is 8.37. The monoisotopic (exact) mass is 344 g/mol. The van der Waals surface area contributed by atoms with Gasteiger partial charge in [-0.15, -0.1) is 0 Å². The molecule has 0 fully saturated rings. The van der Waals surface area contributed by atoms with E-state index >= 15 is 0 Å². The van der Waals surface area contributed by atoms with Crippen LogP contribution in [0.25, 0.3) is 0 Å². The molecule has 3 rings (SSSR count). The van der Waals surface area contributed by atoms with E-state index in [2.05, 4.69) is 63.8 Å². The summed E-state index contributed by atoms with van der Waals surface area (Å²) in [5.74, 6) is 6.43. The Labute approximate surface area is 134 Å². The van der Waals surface area contributed by atoms with Crippen molar-refractivity contribution in [1.29, 1.82) is 0 Å². The minimum Gasteiger partial charge on any atom is -0.271 e. The van der Waals surface area contributed by atoms with Crippen molar-refractivity contribution in [3.63, 3.8) is 0 Å². The summed E-state index contributed by atoms with van der Waals surface area (Å²) in [5.41, 5.74) is 7.27. The molecule has 0 heterocycles. The highest BCUT2D eigenvalue weighted by molar-refractivity contribution is 9.10. The number of benzene rings is 2. The molecule has 0 bridgehead atoms.